The number of nitrogens with zero attached hydrogens (tertiary/aromatic N) is 2. The van der Waals surface area contributed by atoms with Gasteiger partial charge in [-0.25, -0.2) is 4.98 Å². The second-order valence-corrected chi connectivity index (χ2v) is 8.94. The summed E-state index contributed by atoms with van der Waals surface area (Å²) in [5.41, 5.74) is 3.22. The number of thiophene rings is 1. The highest BCUT2D eigenvalue weighted by Gasteiger charge is 2.32. The van der Waals surface area contributed by atoms with E-state index < -0.39 is 0 Å². The number of rotatable bonds is 7. The summed E-state index contributed by atoms with van der Waals surface area (Å²) in [5.74, 6) is 0.166. The molecule has 1 saturated heterocycles. The first-order chi connectivity index (χ1) is 15.1. The minimum absolute atomic E-state index is 0.0976. The van der Waals surface area contributed by atoms with Crippen molar-refractivity contribution in [3.63, 3.8) is 0 Å². The van der Waals surface area contributed by atoms with E-state index in [9.17, 15) is 9.59 Å². The van der Waals surface area contributed by atoms with Crippen LogP contribution in [0.3, 0.4) is 0 Å². The molecule has 1 atom stereocenters. The monoisotopic (exact) mass is 437 g/mol. The number of amides is 2. The van der Waals surface area contributed by atoms with Gasteiger partial charge in [-0.3, -0.25) is 9.59 Å². The van der Waals surface area contributed by atoms with Crippen molar-refractivity contribution in [1.29, 1.82) is 0 Å². The molecule has 4 rings (SSSR count). The van der Waals surface area contributed by atoms with Crippen LogP contribution in [0.15, 0.2) is 42.6 Å². The lowest BCUT2D eigenvalue weighted by atomic mass is 9.95. The number of hydrogen-bond acceptors (Lipinski definition) is 5. The largest absolute Gasteiger partial charge is 0.383 e. The SMILES string of the molecule is COCCNC(=O)c1sc2ncccc2c1C1CCN(C(=O)Cc2cccc(C)c2)C1. The number of likely N-dealkylation sites (tertiary alicyclic amines) is 1. The van der Waals surface area contributed by atoms with Crippen LogP contribution >= 0.6 is 11.3 Å². The summed E-state index contributed by atoms with van der Waals surface area (Å²) < 4.78 is 5.05. The van der Waals surface area contributed by atoms with Gasteiger partial charge in [0.2, 0.25) is 5.91 Å². The first kappa shape index (κ1) is 21.5. The minimum atomic E-state index is -0.0976. The Bertz CT molecular complexity index is 1090. The van der Waals surface area contributed by atoms with Gasteiger partial charge in [0, 0.05) is 44.2 Å². The molecular weight excluding hydrogens is 410 g/mol. The third kappa shape index (κ3) is 4.78. The molecule has 6 nitrogen and oxygen atoms in total. The molecule has 1 fully saturated rings. The van der Waals surface area contributed by atoms with Crippen LogP contribution < -0.4 is 5.32 Å². The number of methoxy groups -OCH3 is 1. The minimum Gasteiger partial charge on any atom is -0.383 e. The van der Waals surface area contributed by atoms with Crippen molar-refractivity contribution in [1.82, 2.24) is 15.2 Å². The molecule has 1 aliphatic heterocycles. The molecule has 0 radical (unpaired) electrons. The van der Waals surface area contributed by atoms with Crippen molar-refractivity contribution < 1.29 is 14.3 Å². The third-order valence-corrected chi connectivity index (χ3v) is 6.82. The van der Waals surface area contributed by atoms with Crippen LogP contribution in [0.1, 0.15) is 38.7 Å². The van der Waals surface area contributed by atoms with Gasteiger partial charge in [-0.15, -0.1) is 11.3 Å². The maximum atomic E-state index is 12.9. The summed E-state index contributed by atoms with van der Waals surface area (Å²) in [6.45, 7) is 4.30. The Labute approximate surface area is 186 Å². The van der Waals surface area contributed by atoms with E-state index in [0.29, 0.717) is 37.5 Å². The summed E-state index contributed by atoms with van der Waals surface area (Å²) in [7, 11) is 1.61. The van der Waals surface area contributed by atoms with Gasteiger partial charge in [-0.05, 0) is 30.5 Å². The molecule has 1 N–H and O–H groups in total. The molecule has 3 aromatic rings. The van der Waals surface area contributed by atoms with E-state index >= 15 is 0 Å². The molecule has 1 aliphatic rings. The van der Waals surface area contributed by atoms with Crippen LogP contribution in [0.5, 0.6) is 0 Å². The molecule has 7 heteroatoms. The van der Waals surface area contributed by atoms with E-state index in [0.717, 1.165) is 33.3 Å². The van der Waals surface area contributed by atoms with E-state index in [1.165, 1.54) is 11.3 Å². The number of nitrogens with one attached hydrogen (secondary N) is 1. The van der Waals surface area contributed by atoms with E-state index in [-0.39, 0.29) is 17.7 Å². The Morgan fingerprint density at radius 1 is 1.29 bits per heavy atom. The molecule has 1 aromatic carbocycles. The highest BCUT2D eigenvalue weighted by atomic mass is 32.1. The third-order valence-electron chi connectivity index (χ3n) is 5.69. The number of aryl methyl sites for hydroxylation is 1. The van der Waals surface area contributed by atoms with Crippen LogP contribution in [0.4, 0.5) is 0 Å². The number of benzene rings is 1. The Morgan fingerprint density at radius 2 is 2.16 bits per heavy atom. The Hall–Kier alpha value is -2.77. The van der Waals surface area contributed by atoms with Crippen molar-refractivity contribution in [2.75, 3.05) is 33.4 Å². The lowest BCUT2D eigenvalue weighted by Crippen LogP contribution is -2.30. The number of fused-ring (bicyclic) bond motifs is 1. The molecule has 0 saturated carbocycles. The fourth-order valence-corrected chi connectivity index (χ4v) is 5.35. The maximum absolute atomic E-state index is 12.9. The van der Waals surface area contributed by atoms with Gasteiger partial charge < -0.3 is 15.0 Å². The molecule has 2 amide bonds. The first-order valence-electron chi connectivity index (χ1n) is 10.5. The van der Waals surface area contributed by atoms with Gasteiger partial charge in [-0.2, -0.15) is 0 Å². The Kier molecular flexibility index (Phi) is 6.63. The fraction of sp³-hybridized carbons (Fsp3) is 0.375. The van der Waals surface area contributed by atoms with E-state index in [1.54, 1.807) is 13.3 Å². The van der Waals surface area contributed by atoms with Crippen LogP contribution in [-0.2, 0) is 16.0 Å². The lowest BCUT2D eigenvalue weighted by molar-refractivity contribution is -0.129. The summed E-state index contributed by atoms with van der Waals surface area (Å²) in [6, 6.07) is 12.0. The molecule has 31 heavy (non-hydrogen) atoms. The van der Waals surface area contributed by atoms with Gasteiger partial charge in [0.1, 0.15) is 4.83 Å². The Balaban J connectivity index is 1.54. The molecule has 162 valence electrons. The predicted molar refractivity (Wildman–Crippen MR) is 123 cm³/mol. The number of ether oxygens (including phenoxy) is 1. The van der Waals surface area contributed by atoms with Gasteiger partial charge in [0.25, 0.3) is 5.91 Å². The van der Waals surface area contributed by atoms with Crippen LogP contribution in [0.2, 0.25) is 0 Å². The number of carbonyl (C=O) groups excluding carboxylic acids is 2. The summed E-state index contributed by atoms with van der Waals surface area (Å²) in [4.78, 5) is 33.8. The summed E-state index contributed by atoms with van der Waals surface area (Å²) >= 11 is 1.42. The highest BCUT2D eigenvalue weighted by Crippen LogP contribution is 2.39. The number of aromatic nitrogens is 1. The van der Waals surface area contributed by atoms with Crippen LogP contribution in [-0.4, -0.2) is 55.0 Å². The Morgan fingerprint density at radius 3 is 2.97 bits per heavy atom. The molecular formula is C24H27N3O3S. The highest BCUT2D eigenvalue weighted by molar-refractivity contribution is 7.20. The quantitative estimate of drug-likeness (QED) is 0.574. The van der Waals surface area contributed by atoms with Crippen molar-refractivity contribution in [2.24, 2.45) is 0 Å². The van der Waals surface area contributed by atoms with Crippen LogP contribution in [0, 0.1) is 6.92 Å². The lowest BCUT2D eigenvalue weighted by Gasteiger charge is -2.17. The van der Waals surface area contributed by atoms with Crippen molar-refractivity contribution in [3.05, 3.63) is 64.2 Å². The zero-order valence-corrected chi connectivity index (χ0v) is 18.7. The smallest absolute Gasteiger partial charge is 0.261 e. The zero-order valence-electron chi connectivity index (χ0n) is 17.9. The second kappa shape index (κ2) is 9.58. The van der Waals surface area contributed by atoms with Crippen LogP contribution in [0.25, 0.3) is 10.2 Å². The van der Waals surface area contributed by atoms with Gasteiger partial charge >= 0.3 is 0 Å². The maximum Gasteiger partial charge on any atom is 0.261 e. The molecule has 0 spiro atoms. The van der Waals surface area contributed by atoms with Gasteiger partial charge in [-0.1, -0.05) is 35.9 Å². The van der Waals surface area contributed by atoms with Crippen molar-refractivity contribution in [2.45, 2.75) is 25.7 Å². The van der Waals surface area contributed by atoms with E-state index in [1.807, 2.05) is 42.2 Å². The predicted octanol–water partition coefficient (Wildman–Crippen LogP) is 3.54. The van der Waals surface area contributed by atoms with E-state index in [2.05, 4.69) is 16.4 Å². The number of hydrogen-bond donors (Lipinski definition) is 1. The molecule has 2 aromatic heterocycles. The van der Waals surface area contributed by atoms with Crippen molar-refractivity contribution in [3.8, 4) is 0 Å². The fourth-order valence-electron chi connectivity index (χ4n) is 4.20. The molecule has 3 heterocycles. The standard InChI is InChI=1S/C24H27N3O3S/c1-16-5-3-6-17(13-16)14-20(28)27-11-8-18(15-27)21-19-7-4-9-26-24(19)31-22(21)23(29)25-10-12-30-2/h3-7,9,13,18H,8,10-12,14-15H2,1-2H3,(H,25,29). The van der Waals surface area contributed by atoms with Gasteiger partial charge in [0.05, 0.1) is 17.9 Å². The number of pyridine rings is 1. The normalized spacial score (nSPS) is 16.1. The topological polar surface area (TPSA) is 71.5 Å². The van der Waals surface area contributed by atoms with Crippen molar-refractivity contribution >= 4 is 33.4 Å². The molecule has 0 bridgehead atoms. The zero-order chi connectivity index (χ0) is 21.8. The average molecular weight is 438 g/mol. The average Bonchev–Trinajstić information content (AvgIpc) is 3.38. The second-order valence-electron chi connectivity index (χ2n) is 7.94. The first-order valence-corrected chi connectivity index (χ1v) is 11.4. The summed E-state index contributed by atoms with van der Waals surface area (Å²) in [5, 5.41) is 3.95. The summed E-state index contributed by atoms with van der Waals surface area (Å²) in [6.07, 6.45) is 3.00. The van der Waals surface area contributed by atoms with Gasteiger partial charge in [0.15, 0.2) is 0 Å². The molecule has 0 aliphatic carbocycles. The van der Waals surface area contributed by atoms with E-state index in [4.69, 9.17) is 4.74 Å². The molecule has 1 unspecified atom stereocenters. The number of carbonyl (C=O) groups is 2.